The summed E-state index contributed by atoms with van der Waals surface area (Å²) in [7, 11) is 0. The number of nitrogens with one attached hydrogen (secondary N) is 1. The summed E-state index contributed by atoms with van der Waals surface area (Å²) in [6.07, 6.45) is 5.81. The van der Waals surface area contributed by atoms with Crippen LogP contribution >= 0.6 is 11.3 Å². The van der Waals surface area contributed by atoms with Crippen molar-refractivity contribution in [3.8, 4) is 0 Å². The molecule has 2 nitrogen and oxygen atoms in total. The summed E-state index contributed by atoms with van der Waals surface area (Å²) >= 11 is 1.84. The smallest absolute Gasteiger partial charge is 0.153 e. The van der Waals surface area contributed by atoms with Crippen LogP contribution in [0.3, 0.4) is 0 Å². The van der Waals surface area contributed by atoms with E-state index in [1.165, 1.54) is 9.75 Å². The molecule has 1 aliphatic rings. The van der Waals surface area contributed by atoms with Gasteiger partial charge in [-0.2, -0.15) is 0 Å². The minimum Gasteiger partial charge on any atom is -0.365 e. The molecule has 1 aliphatic heterocycles. The van der Waals surface area contributed by atoms with E-state index in [0.717, 1.165) is 0 Å². The molecule has 0 saturated heterocycles. The third-order valence-corrected chi connectivity index (χ3v) is 3.60. The predicted octanol–water partition coefficient (Wildman–Crippen LogP) is 4.08. The van der Waals surface area contributed by atoms with Crippen molar-refractivity contribution < 1.29 is 0 Å². The van der Waals surface area contributed by atoms with Crippen LogP contribution in [0.25, 0.3) is 0 Å². The van der Waals surface area contributed by atoms with E-state index in [-0.39, 0.29) is 6.17 Å². The van der Waals surface area contributed by atoms with E-state index in [1.54, 1.807) is 0 Å². The maximum absolute atomic E-state index is 4.36. The van der Waals surface area contributed by atoms with Gasteiger partial charge in [0.15, 0.2) is 6.17 Å². The largest absolute Gasteiger partial charge is 0.365 e. The van der Waals surface area contributed by atoms with Gasteiger partial charge in [-0.1, -0.05) is 27.7 Å². The highest BCUT2D eigenvalue weighted by atomic mass is 32.1. The molecule has 2 heterocycles. The summed E-state index contributed by atoms with van der Waals surface area (Å²) in [5.74, 6) is 0.608. The van der Waals surface area contributed by atoms with Crippen molar-refractivity contribution in [2.24, 2.45) is 4.99 Å². The fourth-order valence-corrected chi connectivity index (χ4v) is 2.37. The number of hydrogen-bond acceptors (Lipinski definition) is 3. The van der Waals surface area contributed by atoms with Gasteiger partial charge >= 0.3 is 0 Å². The Bertz CT molecular complexity index is 364. The van der Waals surface area contributed by atoms with Gasteiger partial charge in [-0.15, -0.1) is 11.3 Å². The highest BCUT2D eigenvalue weighted by Gasteiger charge is 2.12. The van der Waals surface area contributed by atoms with Gasteiger partial charge in [0.1, 0.15) is 0 Å². The number of nitrogens with zero attached hydrogens (tertiary/aromatic N) is 1. The van der Waals surface area contributed by atoms with E-state index in [1.807, 2.05) is 43.7 Å². The molecule has 0 aromatic carbocycles. The van der Waals surface area contributed by atoms with Gasteiger partial charge in [0.2, 0.25) is 0 Å². The first-order valence-electron chi connectivity index (χ1n) is 5.81. The zero-order chi connectivity index (χ0) is 12.0. The molecule has 1 atom stereocenters. The fourth-order valence-electron chi connectivity index (χ4n) is 1.35. The third kappa shape index (κ3) is 3.20. The lowest BCUT2D eigenvalue weighted by molar-refractivity contribution is 0.665. The number of hydrogen-bond donors (Lipinski definition) is 1. The van der Waals surface area contributed by atoms with E-state index >= 15 is 0 Å². The Morgan fingerprint density at radius 3 is 2.56 bits per heavy atom. The van der Waals surface area contributed by atoms with Gasteiger partial charge in [0.25, 0.3) is 0 Å². The van der Waals surface area contributed by atoms with Crippen LogP contribution in [0.5, 0.6) is 0 Å². The highest BCUT2D eigenvalue weighted by molar-refractivity contribution is 7.12. The maximum Gasteiger partial charge on any atom is 0.153 e. The molecule has 1 aromatic rings. The van der Waals surface area contributed by atoms with Crippen molar-refractivity contribution in [2.45, 2.75) is 39.8 Å². The molecule has 0 saturated carbocycles. The van der Waals surface area contributed by atoms with Crippen LogP contribution in [0.4, 0.5) is 0 Å². The van der Waals surface area contributed by atoms with Crippen molar-refractivity contribution >= 4 is 17.6 Å². The first-order chi connectivity index (χ1) is 7.77. The second-order valence-corrected chi connectivity index (χ2v) is 4.77. The number of thiophene rings is 1. The molecule has 3 heteroatoms. The highest BCUT2D eigenvalue weighted by Crippen LogP contribution is 2.29. The molecule has 0 bridgehead atoms. The summed E-state index contributed by atoms with van der Waals surface area (Å²) in [6.45, 7) is 8.43. The summed E-state index contributed by atoms with van der Waals surface area (Å²) in [5.41, 5.74) is 0. The van der Waals surface area contributed by atoms with Crippen molar-refractivity contribution in [1.29, 1.82) is 0 Å². The second kappa shape index (κ2) is 6.48. The van der Waals surface area contributed by atoms with Gasteiger partial charge in [-0.3, -0.25) is 4.99 Å². The summed E-state index contributed by atoms with van der Waals surface area (Å²) < 4.78 is 0. The Morgan fingerprint density at radius 2 is 2.06 bits per heavy atom. The molecule has 0 radical (unpaired) electrons. The van der Waals surface area contributed by atoms with Gasteiger partial charge in [-0.05, 0) is 30.3 Å². The Kier molecular flexibility index (Phi) is 5.26. The number of aliphatic imine (C=N–C) groups is 1. The molecular formula is C13H20N2S. The molecule has 1 aromatic heterocycles. The van der Waals surface area contributed by atoms with Gasteiger partial charge < -0.3 is 5.32 Å². The SMILES string of the molecule is CC.CC(C)c1ccc(C2N=CC=CN2)s1. The molecule has 88 valence electrons. The zero-order valence-electron chi connectivity index (χ0n) is 10.4. The van der Waals surface area contributed by atoms with Crippen LogP contribution in [0.15, 0.2) is 29.4 Å². The Labute approximate surface area is 102 Å². The van der Waals surface area contributed by atoms with Crippen LogP contribution in [0.1, 0.15) is 49.5 Å². The minimum atomic E-state index is 0.123. The fraction of sp³-hybridized carbons (Fsp3) is 0.462. The topological polar surface area (TPSA) is 24.4 Å². The monoisotopic (exact) mass is 236 g/mol. The Morgan fingerprint density at radius 1 is 1.31 bits per heavy atom. The van der Waals surface area contributed by atoms with Gasteiger partial charge in [0.05, 0.1) is 0 Å². The Balaban J connectivity index is 0.000000606. The van der Waals surface area contributed by atoms with E-state index in [9.17, 15) is 0 Å². The van der Waals surface area contributed by atoms with Crippen LogP contribution in [0.2, 0.25) is 0 Å². The number of allylic oxidation sites excluding steroid dienone is 1. The van der Waals surface area contributed by atoms with E-state index in [0.29, 0.717) is 5.92 Å². The molecule has 0 spiro atoms. The molecule has 0 amide bonds. The summed E-state index contributed by atoms with van der Waals surface area (Å²) in [6, 6.07) is 4.36. The van der Waals surface area contributed by atoms with E-state index in [4.69, 9.17) is 0 Å². The molecular weight excluding hydrogens is 216 g/mol. The third-order valence-electron chi connectivity index (χ3n) is 2.16. The predicted molar refractivity (Wildman–Crippen MR) is 73.3 cm³/mol. The van der Waals surface area contributed by atoms with Crippen LogP contribution in [0, 0.1) is 0 Å². The zero-order valence-corrected chi connectivity index (χ0v) is 11.2. The van der Waals surface area contributed by atoms with Crippen molar-refractivity contribution in [1.82, 2.24) is 5.32 Å². The van der Waals surface area contributed by atoms with Gasteiger partial charge in [-0.25, -0.2) is 0 Å². The lowest BCUT2D eigenvalue weighted by atomic mass is 10.2. The molecule has 1 N–H and O–H groups in total. The van der Waals surface area contributed by atoms with Crippen molar-refractivity contribution in [2.75, 3.05) is 0 Å². The van der Waals surface area contributed by atoms with Crippen LogP contribution in [-0.2, 0) is 0 Å². The van der Waals surface area contributed by atoms with E-state index < -0.39 is 0 Å². The normalized spacial score (nSPS) is 17.9. The molecule has 0 fully saturated rings. The quantitative estimate of drug-likeness (QED) is 0.822. The first kappa shape index (κ1) is 13.0. The van der Waals surface area contributed by atoms with Gasteiger partial charge in [0, 0.05) is 16.0 Å². The molecule has 16 heavy (non-hydrogen) atoms. The maximum atomic E-state index is 4.36. The standard InChI is InChI=1S/C11H14N2S.C2H6/c1-8(2)9-4-5-10(14-9)11-12-6-3-7-13-11;1-2/h3-8,11-12H,1-2H3;1-2H3. The van der Waals surface area contributed by atoms with Crippen molar-refractivity contribution in [3.05, 3.63) is 34.2 Å². The van der Waals surface area contributed by atoms with E-state index in [2.05, 4.69) is 36.3 Å². The first-order valence-corrected chi connectivity index (χ1v) is 6.63. The lowest BCUT2D eigenvalue weighted by Crippen LogP contribution is -2.14. The average molecular weight is 236 g/mol. The molecule has 2 rings (SSSR count). The molecule has 1 unspecified atom stereocenters. The minimum absolute atomic E-state index is 0.123. The van der Waals surface area contributed by atoms with Crippen molar-refractivity contribution in [3.63, 3.8) is 0 Å². The lowest BCUT2D eigenvalue weighted by Gasteiger charge is -2.12. The Hall–Kier alpha value is -1.09. The van der Waals surface area contributed by atoms with Crippen LogP contribution < -0.4 is 5.32 Å². The van der Waals surface area contributed by atoms with Crippen LogP contribution in [-0.4, -0.2) is 6.21 Å². The summed E-state index contributed by atoms with van der Waals surface area (Å²) in [5, 5.41) is 3.22. The number of rotatable bonds is 2. The molecule has 0 aliphatic carbocycles. The average Bonchev–Trinajstić information content (AvgIpc) is 2.82. The summed E-state index contributed by atoms with van der Waals surface area (Å²) in [4.78, 5) is 7.07. The second-order valence-electron chi connectivity index (χ2n) is 3.62.